The third-order valence-corrected chi connectivity index (χ3v) is 2.81. The van der Waals surface area contributed by atoms with Crippen LogP contribution in [0.2, 0.25) is 0 Å². The quantitative estimate of drug-likeness (QED) is 0.774. The predicted molar refractivity (Wildman–Crippen MR) is 62.6 cm³/mol. The summed E-state index contributed by atoms with van der Waals surface area (Å²) in [6.45, 7) is 6.31. The molecule has 3 N–H and O–H groups in total. The number of carbonyl (C=O) groups is 1. The van der Waals surface area contributed by atoms with E-state index in [4.69, 9.17) is 5.73 Å². The summed E-state index contributed by atoms with van der Waals surface area (Å²) < 4.78 is 1.78. The second-order valence-corrected chi connectivity index (χ2v) is 4.37. The molecule has 0 saturated heterocycles. The van der Waals surface area contributed by atoms with Crippen molar-refractivity contribution in [1.82, 2.24) is 15.1 Å². The highest BCUT2D eigenvalue weighted by Crippen LogP contribution is 2.05. The van der Waals surface area contributed by atoms with Crippen LogP contribution in [0.1, 0.15) is 25.1 Å². The Morgan fingerprint density at radius 3 is 2.69 bits per heavy atom. The van der Waals surface area contributed by atoms with Crippen LogP contribution in [0.15, 0.2) is 6.20 Å². The second-order valence-electron chi connectivity index (χ2n) is 4.37. The van der Waals surface area contributed by atoms with Crippen LogP contribution in [0, 0.1) is 12.8 Å². The highest BCUT2D eigenvalue weighted by molar-refractivity contribution is 5.81. The van der Waals surface area contributed by atoms with Gasteiger partial charge in [0, 0.05) is 24.8 Å². The summed E-state index contributed by atoms with van der Waals surface area (Å²) in [4.78, 5) is 11.6. The summed E-state index contributed by atoms with van der Waals surface area (Å²) in [6.07, 6.45) is 1.76. The van der Waals surface area contributed by atoms with Gasteiger partial charge in [0.1, 0.15) is 0 Å². The molecular formula is C11H20N4O. The predicted octanol–water partition coefficient (Wildman–Crippen LogP) is 0.328. The number of hydrogen-bond acceptors (Lipinski definition) is 3. The fourth-order valence-corrected chi connectivity index (χ4v) is 1.32. The van der Waals surface area contributed by atoms with Gasteiger partial charge in [-0.25, -0.2) is 0 Å². The summed E-state index contributed by atoms with van der Waals surface area (Å²) in [5.41, 5.74) is 7.81. The molecule has 1 atom stereocenters. The van der Waals surface area contributed by atoms with Crippen LogP contribution >= 0.6 is 0 Å². The van der Waals surface area contributed by atoms with E-state index in [0.717, 1.165) is 11.3 Å². The van der Waals surface area contributed by atoms with Crippen LogP contribution in [-0.2, 0) is 18.4 Å². The summed E-state index contributed by atoms with van der Waals surface area (Å²) in [7, 11) is 1.88. The lowest BCUT2D eigenvalue weighted by Gasteiger charge is -2.15. The number of aryl methyl sites for hydroxylation is 1. The lowest BCUT2D eigenvalue weighted by molar-refractivity contribution is -0.123. The number of nitrogens with two attached hydrogens (primary N) is 1. The molecule has 0 aliphatic carbocycles. The van der Waals surface area contributed by atoms with E-state index in [9.17, 15) is 4.79 Å². The van der Waals surface area contributed by atoms with Crippen molar-refractivity contribution >= 4 is 5.91 Å². The molecule has 5 heteroatoms. The molecule has 0 saturated carbocycles. The van der Waals surface area contributed by atoms with Crippen molar-refractivity contribution in [2.24, 2.45) is 18.7 Å². The van der Waals surface area contributed by atoms with Crippen LogP contribution in [0.25, 0.3) is 0 Å². The topological polar surface area (TPSA) is 72.9 Å². The first-order valence-electron chi connectivity index (χ1n) is 5.44. The minimum atomic E-state index is -0.447. The number of nitrogens with zero attached hydrogens (tertiary/aromatic N) is 2. The molecule has 1 heterocycles. The molecule has 1 rings (SSSR count). The van der Waals surface area contributed by atoms with Crippen molar-refractivity contribution in [3.8, 4) is 0 Å². The zero-order valence-electron chi connectivity index (χ0n) is 10.3. The molecule has 0 aliphatic rings. The third kappa shape index (κ3) is 2.82. The Labute approximate surface area is 96.0 Å². The van der Waals surface area contributed by atoms with Gasteiger partial charge >= 0.3 is 0 Å². The van der Waals surface area contributed by atoms with Gasteiger partial charge in [-0.3, -0.25) is 9.48 Å². The van der Waals surface area contributed by atoms with Crippen LogP contribution in [-0.4, -0.2) is 21.7 Å². The zero-order chi connectivity index (χ0) is 12.3. The van der Waals surface area contributed by atoms with Gasteiger partial charge in [-0.15, -0.1) is 0 Å². The van der Waals surface area contributed by atoms with E-state index in [2.05, 4.69) is 10.4 Å². The largest absolute Gasteiger partial charge is 0.351 e. The minimum absolute atomic E-state index is 0.113. The van der Waals surface area contributed by atoms with Crippen molar-refractivity contribution < 1.29 is 4.79 Å². The number of aromatic nitrogens is 2. The van der Waals surface area contributed by atoms with Crippen LogP contribution < -0.4 is 11.1 Å². The number of rotatable bonds is 4. The Hall–Kier alpha value is -1.36. The first-order valence-corrected chi connectivity index (χ1v) is 5.44. The molecule has 0 aliphatic heterocycles. The van der Waals surface area contributed by atoms with E-state index in [1.807, 2.05) is 27.8 Å². The highest BCUT2D eigenvalue weighted by Gasteiger charge is 2.17. The molecule has 0 radical (unpaired) electrons. The number of amides is 1. The number of nitrogens with one attached hydrogen (secondary N) is 1. The molecule has 0 spiro atoms. The molecular weight excluding hydrogens is 204 g/mol. The van der Waals surface area contributed by atoms with Crippen molar-refractivity contribution in [3.05, 3.63) is 17.5 Å². The molecule has 90 valence electrons. The van der Waals surface area contributed by atoms with Crippen molar-refractivity contribution in [2.75, 3.05) is 0 Å². The Bertz CT molecular complexity index is 370. The summed E-state index contributed by atoms with van der Waals surface area (Å²) >= 11 is 0. The minimum Gasteiger partial charge on any atom is -0.351 e. The average molecular weight is 224 g/mol. The van der Waals surface area contributed by atoms with E-state index in [-0.39, 0.29) is 11.8 Å². The van der Waals surface area contributed by atoms with E-state index >= 15 is 0 Å². The van der Waals surface area contributed by atoms with E-state index < -0.39 is 6.04 Å². The Morgan fingerprint density at radius 1 is 1.62 bits per heavy atom. The first kappa shape index (κ1) is 12.7. The van der Waals surface area contributed by atoms with Gasteiger partial charge in [0.05, 0.1) is 12.2 Å². The van der Waals surface area contributed by atoms with E-state index in [1.54, 1.807) is 10.9 Å². The normalized spacial score (nSPS) is 12.9. The first-order chi connectivity index (χ1) is 7.43. The molecule has 1 aromatic rings. The molecule has 0 aromatic carbocycles. The fraction of sp³-hybridized carbons (Fsp3) is 0.636. The molecule has 0 fully saturated rings. The van der Waals surface area contributed by atoms with Gasteiger partial charge in [-0.1, -0.05) is 13.8 Å². The monoisotopic (exact) mass is 224 g/mol. The maximum absolute atomic E-state index is 11.6. The lowest BCUT2D eigenvalue weighted by Crippen LogP contribution is -2.43. The van der Waals surface area contributed by atoms with Gasteiger partial charge in [-0.05, 0) is 12.8 Å². The van der Waals surface area contributed by atoms with Crippen molar-refractivity contribution in [2.45, 2.75) is 33.4 Å². The van der Waals surface area contributed by atoms with Gasteiger partial charge in [-0.2, -0.15) is 5.10 Å². The van der Waals surface area contributed by atoms with Gasteiger partial charge in [0.2, 0.25) is 5.91 Å². The van der Waals surface area contributed by atoms with Gasteiger partial charge in [0.25, 0.3) is 0 Å². The zero-order valence-corrected chi connectivity index (χ0v) is 10.3. The van der Waals surface area contributed by atoms with E-state index in [1.165, 1.54) is 0 Å². The Balaban J connectivity index is 2.52. The maximum atomic E-state index is 11.6. The average Bonchev–Trinajstić information content (AvgIpc) is 2.55. The fourth-order valence-electron chi connectivity index (χ4n) is 1.32. The third-order valence-electron chi connectivity index (χ3n) is 2.81. The standard InChI is InChI=1S/C11H20N4O/c1-7(2)10(12)11(16)13-5-9-6-14-15(4)8(9)3/h6-7,10H,5,12H2,1-4H3,(H,13,16)/t10-/m1/s1. The summed E-state index contributed by atoms with van der Waals surface area (Å²) in [5, 5.41) is 6.93. The molecule has 5 nitrogen and oxygen atoms in total. The molecule has 1 amide bonds. The van der Waals surface area contributed by atoms with Crippen LogP contribution in [0.4, 0.5) is 0 Å². The smallest absolute Gasteiger partial charge is 0.237 e. The Kier molecular flexibility index (Phi) is 4.06. The van der Waals surface area contributed by atoms with Crippen LogP contribution in [0.5, 0.6) is 0 Å². The summed E-state index contributed by atoms with van der Waals surface area (Å²) in [6, 6.07) is -0.447. The molecule has 0 unspecified atom stereocenters. The summed E-state index contributed by atoms with van der Waals surface area (Å²) in [5.74, 6) is 0.0354. The number of carbonyl (C=O) groups excluding carboxylic acids is 1. The van der Waals surface area contributed by atoms with Gasteiger partial charge in [0.15, 0.2) is 0 Å². The van der Waals surface area contributed by atoms with Crippen molar-refractivity contribution in [3.63, 3.8) is 0 Å². The maximum Gasteiger partial charge on any atom is 0.237 e. The highest BCUT2D eigenvalue weighted by atomic mass is 16.2. The molecule has 0 bridgehead atoms. The van der Waals surface area contributed by atoms with Gasteiger partial charge < -0.3 is 11.1 Å². The van der Waals surface area contributed by atoms with Crippen molar-refractivity contribution in [1.29, 1.82) is 0 Å². The lowest BCUT2D eigenvalue weighted by atomic mass is 10.1. The van der Waals surface area contributed by atoms with E-state index in [0.29, 0.717) is 6.54 Å². The SMILES string of the molecule is Cc1c(CNC(=O)[C@H](N)C(C)C)cnn1C. The second kappa shape index (κ2) is 5.12. The number of hydrogen-bond donors (Lipinski definition) is 2. The Morgan fingerprint density at radius 2 is 2.25 bits per heavy atom. The van der Waals surface area contributed by atoms with Crippen LogP contribution in [0.3, 0.4) is 0 Å². The molecule has 1 aromatic heterocycles. The molecule has 16 heavy (non-hydrogen) atoms.